The van der Waals surface area contributed by atoms with Crippen molar-refractivity contribution in [3.05, 3.63) is 63.4 Å². The lowest BCUT2D eigenvalue weighted by atomic mass is 10.1. The second-order valence-corrected chi connectivity index (χ2v) is 6.65. The fourth-order valence-electron chi connectivity index (χ4n) is 2.14. The first-order chi connectivity index (χ1) is 9.86. The first-order valence-electron chi connectivity index (χ1n) is 6.58. The molecule has 0 aliphatic rings. The Labute approximate surface area is 127 Å². The van der Waals surface area contributed by atoms with Crippen LogP contribution in [0.25, 0.3) is 10.4 Å². The van der Waals surface area contributed by atoms with Crippen LogP contribution in [0.2, 0.25) is 0 Å². The van der Waals surface area contributed by atoms with E-state index in [1.807, 2.05) is 7.05 Å². The van der Waals surface area contributed by atoms with Gasteiger partial charge in [0.1, 0.15) is 0 Å². The van der Waals surface area contributed by atoms with Crippen LogP contribution in [-0.2, 0) is 13.0 Å². The van der Waals surface area contributed by atoms with Crippen molar-refractivity contribution in [2.24, 2.45) is 0 Å². The molecule has 0 saturated carbocycles. The van der Waals surface area contributed by atoms with E-state index in [0.29, 0.717) is 0 Å². The van der Waals surface area contributed by atoms with Crippen molar-refractivity contribution >= 4 is 22.7 Å². The Morgan fingerprint density at radius 3 is 2.65 bits per heavy atom. The van der Waals surface area contributed by atoms with E-state index in [4.69, 9.17) is 4.98 Å². The molecule has 0 spiro atoms. The van der Waals surface area contributed by atoms with Gasteiger partial charge in [-0.25, -0.2) is 4.98 Å². The summed E-state index contributed by atoms with van der Waals surface area (Å²) >= 11 is 3.60. The minimum atomic E-state index is 0.811. The molecule has 3 rings (SSSR count). The van der Waals surface area contributed by atoms with Crippen molar-refractivity contribution in [2.45, 2.75) is 13.0 Å². The van der Waals surface area contributed by atoms with Crippen molar-refractivity contribution in [3.63, 3.8) is 0 Å². The molecule has 2 nitrogen and oxygen atoms in total. The van der Waals surface area contributed by atoms with E-state index >= 15 is 0 Å². The van der Waals surface area contributed by atoms with E-state index < -0.39 is 0 Å². The van der Waals surface area contributed by atoms with Crippen molar-refractivity contribution in [1.29, 1.82) is 0 Å². The summed E-state index contributed by atoms with van der Waals surface area (Å²) in [6, 6.07) is 14.8. The van der Waals surface area contributed by atoms with Gasteiger partial charge in [-0.3, -0.25) is 0 Å². The lowest BCUT2D eigenvalue weighted by molar-refractivity contribution is 0.795. The molecule has 0 fully saturated rings. The van der Waals surface area contributed by atoms with Gasteiger partial charge in [0.25, 0.3) is 0 Å². The van der Waals surface area contributed by atoms with Gasteiger partial charge in [-0.1, -0.05) is 36.4 Å². The molecule has 3 aromatic rings. The number of hydrogen-bond acceptors (Lipinski definition) is 4. The molecule has 0 amide bonds. The predicted molar refractivity (Wildman–Crippen MR) is 87.4 cm³/mol. The Morgan fingerprint density at radius 2 is 1.95 bits per heavy atom. The van der Waals surface area contributed by atoms with E-state index in [9.17, 15) is 0 Å². The molecule has 0 aliphatic carbocycles. The molecule has 0 aliphatic heterocycles. The van der Waals surface area contributed by atoms with Crippen LogP contribution in [0.4, 0.5) is 0 Å². The summed E-state index contributed by atoms with van der Waals surface area (Å²) in [6.07, 6.45) is 0.936. The standard InChI is InChI=1S/C16H16N2S2/c1-17-11-14-16(12-6-3-2-4-7-12)20-15(18-14)10-13-8-5-9-19-13/h2-9,17H,10-11H2,1H3. The third-order valence-electron chi connectivity index (χ3n) is 3.03. The molecule has 2 heterocycles. The Bertz CT molecular complexity index is 657. The lowest BCUT2D eigenvalue weighted by Gasteiger charge is -2.00. The molecule has 0 radical (unpaired) electrons. The van der Waals surface area contributed by atoms with Gasteiger partial charge in [-0.2, -0.15) is 0 Å². The Morgan fingerprint density at radius 1 is 1.10 bits per heavy atom. The summed E-state index contributed by atoms with van der Waals surface area (Å²) < 4.78 is 0. The van der Waals surface area contributed by atoms with Gasteiger partial charge in [-0.15, -0.1) is 22.7 Å². The van der Waals surface area contributed by atoms with E-state index in [1.54, 1.807) is 22.7 Å². The first kappa shape index (κ1) is 13.5. The largest absolute Gasteiger partial charge is 0.314 e. The Balaban J connectivity index is 1.94. The molecule has 2 aromatic heterocycles. The molecule has 102 valence electrons. The number of hydrogen-bond donors (Lipinski definition) is 1. The molecule has 1 N–H and O–H groups in total. The molecule has 0 bridgehead atoms. The zero-order valence-electron chi connectivity index (χ0n) is 11.3. The lowest BCUT2D eigenvalue weighted by Crippen LogP contribution is -2.06. The van der Waals surface area contributed by atoms with Crippen LogP contribution in [0, 0.1) is 0 Å². The molecule has 1 aromatic carbocycles. The van der Waals surface area contributed by atoms with Gasteiger partial charge in [0, 0.05) is 17.8 Å². The fraction of sp³-hybridized carbons (Fsp3) is 0.188. The van der Waals surface area contributed by atoms with Gasteiger partial charge >= 0.3 is 0 Å². The Kier molecular flexibility index (Phi) is 4.25. The van der Waals surface area contributed by atoms with Crippen LogP contribution in [0.1, 0.15) is 15.6 Å². The average Bonchev–Trinajstić information content (AvgIpc) is 3.11. The number of benzene rings is 1. The van der Waals surface area contributed by atoms with Gasteiger partial charge in [0.2, 0.25) is 0 Å². The molecule has 20 heavy (non-hydrogen) atoms. The minimum absolute atomic E-state index is 0.811. The van der Waals surface area contributed by atoms with Gasteiger partial charge in [0.15, 0.2) is 0 Å². The summed E-state index contributed by atoms with van der Waals surface area (Å²) in [5.41, 5.74) is 2.41. The maximum Gasteiger partial charge on any atom is 0.0987 e. The molecular weight excluding hydrogens is 284 g/mol. The van der Waals surface area contributed by atoms with Gasteiger partial charge in [0.05, 0.1) is 15.6 Å². The highest BCUT2D eigenvalue weighted by atomic mass is 32.1. The topological polar surface area (TPSA) is 24.9 Å². The maximum atomic E-state index is 4.81. The number of thiazole rings is 1. The van der Waals surface area contributed by atoms with Crippen LogP contribution in [0.3, 0.4) is 0 Å². The second kappa shape index (κ2) is 6.31. The smallest absolute Gasteiger partial charge is 0.0987 e. The monoisotopic (exact) mass is 300 g/mol. The first-order valence-corrected chi connectivity index (χ1v) is 8.27. The van der Waals surface area contributed by atoms with Gasteiger partial charge < -0.3 is 5.32 Å². The average molecular weight is 300 g/mol. The van der Waals surface area contributed by atoms with Crippen LogP contribution in [0.5, 0.6) is 0 Å². The fourth-order valence-corrected chi connectivity index (χ4v) is 4.05. The third kappa shape index (κ3) is 2.98. The normalized spacial score (nSPS) is 10.8. The highest BCUT2D eigenvalue weighted by Crippen LogP contribution is 2.31. The number of nitrogens with one attached hydrogen (secondary N) is 1. The number of rotatable bonds is 5. The van der Waals surface area contributed by atoms with Crippen LogP contribution in [0.15, 0.2) is 47.8 Å². The quantitative estimate of drug-likeness (QED) is 0.764. The summed E-state index contributed by atoms with van der Waals surface area (Å²) in [7, 11) is 1.97. The summed E-state index contributed by atoms with van der Waals surface area (Å²) in [5.74, 6) is 0. The molecule has 0 saturated heterocycles. The molecule has 0 atom stereocenters. The predicted octanol–water partition coefficient (Wildman–Crippen LogP) is 4.18. The summed E-state index contributed by atoms with van der Waals surface area (Å²) in [6.45, 7) is 0.811. The molecular formula is C16H16N2S2. The van der Waals surface area contributed by atoms with Gasteiger partial charge in [-0.05, 0) is 24.1 Å². The summed E-state index contributed by atoms with van der Waals surface area (Å²) in [4.78, 5) is 7.47. The molecule has 4 heteroatoms. The summed E-state index contributed by atoms with van der Waals surface area (Å²) in [5, 5.41) is 6.52. The maximum absolute atomic E-state index is 4.81. The van der Waals surface area contributed by atoms with E-state index in [-0.39, 0.29) is 0 Å². The molecule has 0 unspecified atom stereocenters. The number of nitrogens with zero attached hydrogens (tertiary/aromatic N) is 1. The SMILES string of the molecule is CNCc1nc(Cc2cccs2)sc1-c1ccccc1. The van der Waals surface area contributed by atoms with Crippen molar-refractivity contribution in [2.75, 3.05) is 7.05 Å². The number of aromatic nitrogens is 1. The van der Waals surface area contributed by atoms with Crippen molar-refractivity contribution < 1.29 is 0 Å². The van der Waals surface area contributed by atoms with Crippen molar-refractivity contribution in [1.82, 2.24) is 10.3 Å². The van der Waals surface area contributed by atoms with Crippen LogP contribution >= 0.6 is 22.7 Å². The van der Waals surface area contributed by atoms with E-state index in [0.717, 1.165) is 18.7 Å². The Hall–Kier alpha value is -1.49. The highest BCUT2D eigenvalue weighted by molar-refractivity contribution is 7.15. The second-order valence-electron chi connectivity index (χ2n) is 4.54. The zero-order valence-corrected chi connectivity index (χ0v) is 12.9. The van der Waals surface area contributed by atoms with E-state index in [1.165, 1.54) is 20.3 Å². The number of thiophene rings is 1. The minimum Gasteiger partial charge on any atom is -0.314 e. The highest BCUT2D eigenvalue weighted by Gasteiger charge is 2.12. The third-order valence-corrected chi connectivity index (χ3v) is 5.05. The van der Waals surface area contributed by atoms with E-state index in [2.05, 4.69) is 53.2 Å². The van der Waals surface area contributed by atoms with Crippen LogP contribution in [-0.4, -0.2) is 12.0 Å². The van der Waals surface area contributed by atoms with Crippen molar-refractivity contribution in [3.8, 4) is 10.4 Å². The van der Waals surface area contributed by atoms with Crippen LogP contribution < -0.4 is 5.32 Å². The zero-order chi connectivity index (χ0) is 13.8.